The van der Waals surface area contributed by atoms with Crippen molar-refractivity contribution in [2.75, 3.05) is 26.9 Å². The summed E-state index contributed by atoms with van der Waals surface area (Å²) in [6.45, 7) is 0.502. The Morgan fingerprint density at radius 2 is 1.75 bits per heavy atom. The Kier molecular flexibility index (Phi) is 8.35. The fourth-order valence-electron chi connectivity index (χ4n) is 2.17. The topological polar surface area (TPSA) is 106 Å². The Labute approximate surface area is 162 Å². The van der Waals surface area contributed by atoms with Crippen molar-refractivity contribution in [2.24, 2.45) is 0 Å². The maximum absolute atomic E-state index is 11.8. The minimum Gasteiger partial charge on any atom is -0.493 e. The number of hydroxylamine groups is 1. The standard InChI is InChI=1S/C20H22N2O6/c1-26-17-4-2-3-5-18(17)27-13-12-21-20(24)14-28-16-9-6-15(7-10-16)8-11-19(23)22-25/h2-11,25H,12-14H2,1H3,(H,21,24)(H,22,23). The maximum Gasteiger partial charge on any atom is 0.267 e. The van der Waals surface area contributed by atoms with Gasteiger partial charge >= 0.3 is 0 Å². The largest absolute Gasteiger partial charge is 0.493 e. The first kappa shape index (κ1) is 20.8. The monoisotopic (exact) mass is 386 g/mol. The Hall–Kier alpha value is -3.52. The molecule has 0 radical (unpaired) electrons. The third-order valence-electron chi connectivity index (χ3n) is 3.54. The SMILES string of the molecule is COc1ccccc1OCCNC(=O)COc1ccc(C=CC(=O)NO)cc1. The summed E-state index contributed by atoms with van der Waals surface area (Å²) >= 11 is 0. The summed E-state index contributed by atoms with van der Waals surface area (Å²) in [6.07, 6.45) is 2.72. The van der Waals surface area contributed by atoms with Crippen molar-refractivity contribution >= 4 is 17.9 Å². The number of hydrogen-bond donors (Lipinski definition) is 3. The number of carbonyl (C=O) groups is 2. The highest BCUT2D eigenvalue weighted by Gasteiger charge is 2.05. The number of rotatable bonds is 10. The molecule has 0 aromatic heterocycles. The Morgan fingerprint density at radius 1 is 1.04 bits per heavy atom. The van der Waals surface area contributed by atoms with Crippen molar-refractivity contribution in [3.63, 3.8) is 0 Å². The van der Waals surface area contributed by atoms with Gasteiger partial charge in [-0.05, 0) is 35.9 Å². The van der Waals surface area contributed by atoms with E-state index in [0.29, 0.717) is 30.4 Å². The molecule has 0 aliphatic rings. The zero-order valence-electron chi connectivity index (χ0n) is 15.4. The predicted octanol–water partition coefficient (Wildman–Crippen LogP) is 1.79. The lowest BCUT2D eigenvalue weighted by molar-refractivity contribution is -0.124. The van der Waals surface area contributed by atoms with Gasteiger partial charge in [0.15, 0.2) is 18.1 Å². The fraction of sp³-hybridized carbons (Fsp3) is 0.200. The molecule has 0 atom stereocenters. The molecule has 0 bridgehead atoms. The molecule has 2 rings (SSSR count). The Balaban J connectivity index is 1.68. The lowest BCUT2D eigenvalue weighted by Crippen LogP contribution is -2.32. The molecule has 28 heavy (non-hydrogen) atoms. The van der Waals surface area contributed by atoms with E-state index in [-0.39, 0.29) is 12.5 Å². The molecule has 2 aromatic carbocycles. The van der Waals surface area contributed by atoms with E-state index in [1.165, 1.54) is 17.6 Å². The van der Waals surface area contributed by atoms with Gasteiger partial charge in [-0.25, -0.2) is 5.48 Å². The highest BCUT2D eigenvalue weighted by atomic mass is 16.5. The molecule has 0 spiro atoms. The molecule has 8 nitrogen and oxygen atoms in total. The average molecular weight is 386 g/mol. The molecule has 2 amide bonds. The van der Waals surface area contributed by atoms with Crippen LogP contribution in [0.25, 0.3) is 6.08 Å². The van der Waals surface area contributed by atoms with Crippen molar-refractivity contribution < 1.29 is 29.0 Å². The van der Waals surface area contributed by atoms with Gasteiger partial charge in [-0.2, -0.15) is 0 Å². The van der Waals surface area contributed by atoms with Crippen LogP contribution in [-0.2, 0) is 9.59 Å². The van der Waals surface area contributed by atoms with Crippen LogP contribution < -0.4 is 25.0 Å². The third kappa shape index (κ3) is 7.00. The van der Waals surface area contributed by atoms with E-state index >= 15 is 0 Å². The van der Waals surface area contributed by atoms with Crippen LogP contribution >= 0.6 is 0 Å². The predicted molar refractivity (Wildman–Crippen MR) is 102 cm³/mol. The van der Waals surface area contributed by atoms with E-state index in [2.05, 4.69) is 5.32 Å². The fourth-order valence-corrected chi connectivity index (χ4v) is 2.17. The van der Waals surface area contributed by atoms with Gasteiger partial charge in [-0.15, -0.1) is 0 Å². The second kappa shape index (κ2) is 11.2. The minimum atomic E-state index is -0.619. The van der Waals surface area contributed by atoms with E-state index in [1.54, 1.807) is 43.5 Å². The van der Waals surface area contributed by atoms with Crippen LogP contribution in [0.2, 0.25) is 0 Å². The molecule has 0 heterocycles. The molecule has 148 valence electrons. The summed E-state index contributed by atoms with van der Waals surface area (Å²) in [4.78, 5) is 22.8. The van der Waals surface area contributed by atoms with Crippen LogP contribution in [0.4, 0.5) is 0 Å². The highest BCUT2D eigenvalue weighted by Crippen LogP contribution is 2.25. The quantitative estimate of drug-likeness (QED) is 0.249. The van der Waals surface area contributed by atoms with Gasteiger partial charge in [0.05, 0.1) is 13.7 Å². The summed E-state index contributed by atoms with van der Waals surface area (Å²) in [5.74, 6) is 0.872. The number of amides is 2. The highest BCUT2D eigenvalue weighted by molar-refractivity contribution is 5.90. The summed E-state index contributed by atoms with van der Waals surface area (Å²) in [5.41, 5.74) is 2.25. The van der Waals surface area contributed by atoms with Gasteiger partial charge in [-0.3, -0.25) is 14.8 Å². The van der Waals surface area contributed by atoms with Gasteiger partial charge in [-0.1, -0.05) is 24.3 Å². The van der Waals surface area contributed by atoms with Crippen LogP contribution in [0.5, 0.6) is 17.2 Å². The van der Waals surface area contributed by atoms with Crippen LogP contribution in [0.15, 0.2) is 54.6 Å². The summed E-state index contributed by atoms with van der Waals surface area (Å²) in [7, 11) is 1.57. The van der Waals surface area contributed by atoms with E-state index in [1.807, 2.05) is 12.1 Å². The number of carbonyl (C=O) groups excluding carboxylic acids is 2. The first-order chi connectivity index (χ1) is 13.6. The normalized spacial score (nSPS) is 10.4. The lowest BCUT2D eigenvalue weighted by atomic mass is 10.2. The van der Waals surface area contributed by atoms with Crippen molar-refractivity contribution in [1.29, 1.82) is 0 Å². The number of benzene rings is 2. The lowest BCUT2D eigenvalue weighted by Gasteiger charge is -2.11. The molecule has 0 unspecified atom stereocenters. The number of methoxy groups -OCH3 is 1. The van der Waals surface area contributed by atoms with E-state index in [9.17, 15) is 9.59 Å². The first-order valence-corrected chi connectivity index (χ1v) is 8.50. The third-order valence-corrected chi connectivity index (χ3v) is 3.54. The molecule has 0 saturated heterocycles. The number of hydrogen-bond acceptors (Lipinski definition) is 6. The minimum absolute atomic E-state index is 0.128. The molecular weight excluding hydrogens is 364 g/mol. The maximum atomic E-state index is 11.8. The Bertz CT molecular complexity index is 805. The molecular formula is C20H22N2O6. The van der Waals surface area contributed by atoms with Gasteiger partial charge in [0.25, 0.3) is 11.8 Å². The second-order valence-corrected chi connectivity index (χ2v) is 5.52. The van der Waals surface area contributed by atoms with Gasteiger partial charge in [0.2, 0.25) is 0 Å². The van der Waals surface area contributed by atoms with Crippen LogP contribution in [0.1, 0.15) is 5.56 Å². The second-order valence-electron chi connectivity index (χ2n) is 5.52. The average Bonchev–Trinajstić information content (AvgIpc) is 2.74. The van der Waals surface area contributed by atoms with Crippen LogP contribution in [-0.4, -0.2) is 43.9 Å². The van der Waals surface area contributed by atoms with E-state index in [4.69, 9.17) is 19.4 Å². The zero-order valence-corrected chi connectivity index (χ0v) is 15.4. The van der Waals surface area contributed by atoms with Crippen LogP contribution in [0, 0.1) is 0 Å². The molecule has 0 saturated carbocycles. The summed E-state index contributed by atoms with van der Waals surface area (Å²) in [5, 5.41) is 11.1. The zero-order chi connectivity index (χ0) is 20.2. The van der Waals surface area contributed by atoms with Crippen molar-refractivity contribution in [1.82, 2.24) is 10.8 Å². The first-order valence-electron chi connectivity index (χ1n) is 8.50. The summed E-state index contributed by atoms with van der Waals surface area (Å²) in [6, 6.07) is 14.1. The van der Waals surface area contributed by atoms with Gasteiger partial charge in [0.1, 0.15) is 12.4 Å². The molecule has 0 aliphatic heterocycles. The van der Waals surface area contributed by atoms with E-state index in [0.717, 1.165) is 5.56 Å². The van der Waals surface area contributed by atoms with Gasteiger partial charge < -0.3 is 19.5 Å². The Morgan fingerprint density at radius 3 is 2.43 bits per heavy atom. The number of para-hydroxylation sites is 2. The molecule has 3 N–H and O–H groups in total. The number of nitrogens with one attached hydrogen (secondary N) is 2. The van der Waals surface area contributed by atoms with Gasteiger partial charge in [0, 0.05) is 6.08 Å². The van der Waals surface area contributed by atoms with E-state index < -0.39 is 5.91 Å². The van der Waals surface area contributed by atoms with Crippen molar-refractivity contribution in [2.45, 2.75) is 0 Å². The molecule has 0 fully saturated rings. The summed E-state index contributed by atoms with van der Waals surface area (Å²) < 4.78 is 16.2. The molecule has 0 aliphatic carbocycles. The van der Waals surface area contributed by atoms with Crippen molar-refractivity contribution in [3.8, 4) is 17.2 Å². The molecule has 2 aromatic rings. The molecule has 8 heteroatoms. The van der Waals surface area contributed by atoms with Crippen molar-refractivity contribution in [3.05, 3.63) is 60.2 Å². The smallest absolute Gasteiger partial charge is 0.267 e. The number of ether oxygens (including phenoxy) is 3. The van der Waals surface area contributed by atoms with Crippen LogP contribution in [0.3, 0.4) is 0 Å².